The Morgan fingerprint density at radius 1 is 1.08 bits per heavy atom. The van der Waals surface area contributed by atoms with Crippen LogP contribution in [0.3, 0.4) is 0 Å². The number of nitrogens with one attached hydrogen (secondary N) is 1. The summed E-state index contributed by atoms with van der Waals surface area (Å²) in [6.45, 7) is 4.00. The Bertz CT molecular complexity index is 850. The zero-order chi connectivity index (χ0) is 17.8. The molecule has 3 rings (SSSR count). The van der Waals surface area contributed by atoms with Crippen molar-refractivity contribution in [2.24, 2.45) is 0 Å². The predicted octanol–water partition coefficient (Wildman–Crippen LogP) is 5.96. The molecule has 1 heterocycles. The smallest absolute Gasteiger partial charge is 0.320 e. The lowest BCUT2D eigenvalue weighted by Gasteiger charge is -2.14. The Balaban J connectivity index is 1.72. The molecule has 1 aromatic heterocycles. The highest BCUT2D eigenvalue weighted by atomic mass is 35.5. The molecule has 0 bridgehead atoms. The molecule has 0 saturated heterocycles. The summed E-state index contributed by atoms with van der Waals surface area (Å²) >= 11 is 11.9. The fraction of sp³-hybridized carbons (Fsp3) is 0.222. The number of aromatic nitrogens is 2. The third kappa shape index (κ3) is 4.44. The van der Waals surface area contributed by atoms with E-state index in [1.165, 1.54) is 5.56 Å². The molecule has 1 N–H and O–H groups in total. The van der Waals surface area contributed by atoms with Crippen LogP contribution in [-0.4, -0.2) is 10.2 Å². The van der Waals surface area contributed by atoms with E-state index in [-0.39, 0.29) is 6.10 Å². The van der Waals surface area contributed by atoms with Crippen molar-refractivity contribution in [2.75, 3.05) is 5.32 Å². The molecule has 7 heteroatoms. The Morgan fingerprint density at radius 3 is 2.52 bits per heavy atom. The third-order valence-corrected chi connectivity index (χ3v) is 4.30. The first kappa shape index (κ1) is 17.6. The highest BCUT2D eigenvalue weighted by Gasteiger charge is 2.19. The van der Waals surface area contributed by atoms with E-state index in [1.807, 2.05) is 38.1 Å². The fourth-order valence-electron chi connectivity index (χ4n) is 2.20. The van der Waals surface area contributed by atoms with Crippen molar-refractivity contribution in [3.63, 3.8) is 0 Å². The summed E-state index contributed by atoms with van der Waals surface area (Å²) < 4.78 is 11.6. The summed E-state index contributed by atoms with van der Waals surface area (Å²) in [7, 11) is 0. The summed E-state index contributed by atoms with van der Waals surface area (Å²) in [6.07, 6.45) is 0.283. The van der Waals surface area contributed by atoms with Crippen LogP contribution in [0.25, 0.3) is 0 Å². The molecule has 0 aliphatic rings. The molecule has 0 fully saturated rings. The highest BCUT2D eigenvalue weighted by molar-refractivity contribution is 6.42. The maximum absolute atomic E-state index is 6.02. The van der Waals surface area contributed by atoms with Gasteiger partial charge in [0.05, 0.1) is 10.0 Å². The monoisotopic (exact) mass is 377 g/mol. The Labute approximate surface area is 155 Å². The second-order valence-corrected chi connectivity index (χ2v) is 6.34. The van der Waals surface area contributed by atoms with E-state index in [9.17, 15) is 0 Å². The van der Waals surface area contributed by atoms with Crippen molar-refractivity contribution >= 4 is 34.9 Å². The van der Waals surface area contributed by atoms with Crippen LogP contribution in [0.2, 0.25) is 10.0 Å². The number of rotatable bonds is 6. The zero-order valence-electron chi connectivity index (χ0n) is 13.8. The van der Waals surface area contributed by atoms with Crippen LogP contribution in [0.5, 0.6) is 5.75 Å². The predicted molar refractivity (Wildman–Crippen MR) is 98.9 cm³/mol. The molecule has 2 aromatic carbocycles. The lowest BCUT2D eigenvalue weighted by atomic mass is 10.2. The minimum absolute atomic E-state index is 0.315. The van der Waals surface area contributed by atoms with E-state index in [2.05, 4.69) is 15.5 Å². The van der Waals surface area contributed by atoms with Gasteiger partial charge in [0.15, 0.2) is 6.10 Å². The number of benzene rings is 2. The molecular weight excluding hydrogens is 361 g/mol. The standard InChI is InChI=1S/C18H17Cl2N3O2/c1-3-16(24-13-8-9-14(19)15(20)10-13)17-22-23-18(25-17)21-12-6-4-11(2)5-7-12/h4-10,16H,3H2,1-2H3,(H,21,23). The normalized spacial score (nSPS) is 12.0. The van der Waals surface area contributed by atoms with E-state index in [0.717, 1.165) is 5.69 Å². The summed E-state index contributed by atoms with van der Waals surface area (Å²) in [5.41, 5.74) is 2.05. The largest absolute Gasteiger partial charge is 0.481 e. The van der Waals surface area contributed by atoms with Crippen LogP contribution in [0.1, 0.15) is 30.9 Å². The molecule has 0 spiro atoms. The van der Waals surface area contributed by atoms with Crippen LogP contribution in [0, 0.1) is 6.92 Å². The maximum Gasteiger partial charge on any atom is 0.320 e. The zero-order valence-corrected chi connectivity index (χ0v) is 15.3. The van der Waals surface area contributed by atoms with Gasteiger partial charge in [0.1, 0.15) is 5.75 Å². The van der Waals surface area contributed by atoms with Gasteiger partial charge < -0.3 is 14.5 Å². The van der Waals surface area contributed by atoms with Crippen LogP contribution >= 0.6 is 23.2 Å². The first-order valence-electron chi connectivity index (χ1n) is 7.84. The van der Waals surface area contributed by atoms with Gasteiger partial charge >= 0.3 is 6.01 Å². The Hall–Kier alpha value is -2.24. The Morgan fingerprint density at radius 2 is 1.84 bits per heavy atom. The summed E-state index contributed by atoms with van der Waals surface area (Å²) in [5, 5.41) is 12.1. The molecule has 0 aliphatic heterocycles. The van der Waals surface area contributed by atoms with Gasteiger partial charge in [-0.1, -0.05) is 52.9 Å². The van der Waals surface area contributed by atoms with Gasteiger partial charge in [-0.15, -0.1) is 5.10 Å². The van der Waals surface area contributed by atoms with E-state index >= 15 is 0 Å². The van der Waals surface area contributed by atoms with Crippen molar-refractivity contribution in [3.05, 3.63) is 64.0 Å². The van der Waals surface area contributed by atoms with E-state index in [1.54, 1.807) is 18.2 Å². The van der Waals surface area contributed by atoms with Gasteiger partial charge in [-0.05, 0) is 37.6 Å². The lowest BCUT2D eigenvalue weighted by Crippen LogP contribution is -2.07. The van der Waals surface area contributed by atoms with Gasteiger partial charge in [0, 0.05) is 11.8 Å². The molecule has 0 amide bonds. The van der Waals surface area contributed by atoms with Crippen LogP contribution in [-0.2, 0) is 0 Å². The third-order valence-electron chi connectivity index (χ3n) is 3.56. The molecule has 1 atom stereocenters. The van der Waals surface area contributed by atoms with E-state index < -0.39 is 0 Å². The van der Waals surface area contributed by atoms with Crippen molar-refractivity contribution in [3.8, 4) is 5.75 Å². The maximum atomic E-state index is 6.02. The number of hydrogen-bond donors (Lipinski definition) is 1. The van der Waals surface area contributed by atoms with E-state index in [4.69, 9.17) is 32.4 Å². The van der Waals surface area contributed by atoms with Crippen LogP contribution in [0.4, 0.5) is 11.7 Å². The van der Waals surface area contributed by atoms with Crippen LogP contribution in [0.15, 0.2) is 46.9 Å². The molecule has 0 saturated carbocycles. The topological polar surface area (TPSA) is 60.2 Å². The molecule has 25 heavy (non-hydrogen) atoms. The summed E-state index contributed by atoms with van der Waals surface area (Å²) in [5.74, 6) is 0.982. The number of aryl methyl sites for hydroxylation is 1. The SMILES string of the molecule is CCC(Oc1ccc(Cl)c(Cl)c1)c1nnc(Nc2ccc(C)cc2)o1. The van der Waals surface area contributed by atoms with E-state index in [0.29, 0.717) is 34.1 Å². The minimum Gasteiger partial charge on any atom is -0.481 e. The quantitative estimate of drug-likeness (QED) is 0.574. The van der Waals surface area contributed by atoms with Gasteiger partial charge in [0.2, 0.25) is 0 Å². The molecule has 0 radical (unpaired) electrons. The number of hydrogen-bond acceptors (Lipinski definition) is 5. The van der Waals surface area contributed by atoms with Crippen molar-refractivity contribution < 1.29 is 9.15 Å². The first-order chi connectivity index (χ1) is 12.0. The summed E-state index contributed by atoms with van der Waals surface area (Å²) in [6, 6.07) is 13.3. The minimum atomic E-state index is -0.377. The molecular formula is C18H17Cl2N3O2. The number of ether oxygens (including phenoxy) is 1. The highest BCUT2D eigenvalue weighted by Crippen LogP contribution is 2.30. The molecule has 5 nitrogen and oxygen atoms in total. The van der Waals surface area contributed by atoms with Crippen molar-refractivity contribution in [2.45, 2.75) is 26.4 Å². The molecule has 130 valence electrons. The second kappa shape index (κ2) is 7.76. The van der Waals surface area contributed by atoms with Gasteiger partial charge in [0.25, 0.3) is 5.89 Å². The molecule has 3 aromatic rings. The number of nitrogens with zero attached hydrogens (tertiary/aromatic N) is 2. The average molecular weight is 378 g/mol. The van der Waals surface area contributed by atoms with Crippen molar-refractivity contribution in [1.29, 1.82) is 0 Å². The molecule has 0 aliphatic carbocycles. The van der Waals surface area contributed by atoms with Gasteiger partial charge in [-0.2, -0.15) is 0 Å². The summed E-state index contributed by atoms with van der Waals surface area (Å²) in [4.78, 5) is 0. The number of halogens is 2. The lowest BCUT2D eigenvalue weighted by molar-refractivity contribution is 0.166. The molecule has 1 unspecified atom stereocenters. The van der Waals surface area contributed by atoms with Gasteiger partial charge in [-0.3, -0.25) is 0 Å². The van der Waals surface area contributed by atoms with Crippen molar-refractivity contribution in [1.82, 2.24) is 10.2 Å². The van der Waals surface area contributed by atoms with Crippen LogP contribution < -0.4 is 10.1 Å². The first-order valence-corrected chi connectivity index (χ1v) is 8.59. The second-order valence-electron chi connectivity index (χ2n) is 5.53. The Kier molecular flexibility index (Phi) is 5.46. The average Bonchev–Trinajstić information content (AvgIpc) is 3.06. The fourth-order valence-corrected chi connectivity index (χ4v) is 2.49. The number of anilines is 2. The van der Waals surface area contributed by atoms with Gasteiger partial charge in [-0.25, -0.2) is 0 Å².